The van der Waals surface area contributed by atoms with Crippen LogP contribution < -0.4 is 5.73 Å². The third-order valence-electron chi connectivity index (χ3n) is 3.79. The van der Waals surface area contributed by atoms with Crippen molar-refractivity contribution in [3.63, 3.8) is 0 Å². The van der Waals surface area contributed by atoms with E-state index >= 15 is 0 Å². The van der Waals surface area contributed by atoms with Crippen molar-refractivity contribution in [2.75, 3.05) is 0 Å². The number of rotatable bonds is 2. The molecule has 2 nitrogen and oxygen atoms in total. The van der Waals surface area contributed by atoms with Crippen LogP contribution in [0, 0.1) is 12.8 Å². The van der Waals surface area contributed by atoms with Gasteiger partial charge in [0.15, 0.2) is 0 Å². The van der Waals surface area contributed by atoms with Crippen LogP contribution in [0.25, 0.3) is 0 Å². The van der Waals surface area contributed by atoms with Gasteiger partial charge >= 0.3 is 0 Å². The lowest BCUT2D eigenvalue weighted by Crippen LogP contribution is -2.23. The normalized spacial score (nSPS) is 18.5. The van der Waals surface area contributed by atoms with Gasteiger partial charge in [-0.25, -0.2) is 0 Å². The number of hydrogen-bond donors (Lipinski definition) is 2. The van der Waals surface area contributed by atoms with Crippen LogP contribution in [0.2, 0.25) is 0 Å². The molecule has 1 fully saturated rings. The van der Waals surface area contributed by atoms with Crippen molar-refractivity contribution >= 4 is 12.4 Å². The van der Waals surface area contributed by atoms with E-state index in [0.29, 0.717) is 11.7 Å². The van der Waals surface area contributed by atoms with Gasteiger partial charge in [0.25, 0.3) is 0 Å². The fraction of sp³-hybridized carbons (Fsp3) is 0.571. The third kappa shape index (κ3) is 3.14. The number of benzene rings is 1. The van der Waals surface area contributed by atoms with Crippen LogP contribution in [0.15, 0.2) is 18.2 Å². The molecular weight excluding hydrogens is 234 g/mol. The van der Waals surface area contributed by atoms with Gasteiger partial charge in [-0.05, 0) is 31.2 Å². The minimum Gasteiger partial charge on any atom is -0.507 e. The summed E-state index contributed by atoms with van der Waals surface area (Å²) in [6.07, 6.45) is 6.31. The SMILES string of the molecule is Cc1cccc([C@H](N)C2CCCCC2)c1O.Cl. The molecule has 1 aliphatic carbocycles. The van der Waals surface area contributed by atoms with Gasteiger partial charge in [-0.1, -0.05) is 37.5 Å². The smallest absolute Gasteiger partial charge is 0.123 e. The Morgan fingerprint density at radius 2 is 1.88 bits per heavy atom. The maximum atomic E-state index is 10.0. The third-order valence-corrected chi connectivity index (χ3v) is 3.79. The molecule has 0 bridgehead atoms. The molecule has 0 heterocycles. The first kappa shape index (κ1) is 14.3. The minimum absolute atomic E-state index is 0. The second-order valence-corrected chi connectivity index (χ2v) is 4.94. The van der Waals surface area contributed by atoms with Gasteiger partial charge in [-0.3, -0.25) is 0 Å². The summed E-state index contributed by atoms with van der Waals surface area (Å²) in [7, 11) is 0. The topological polar surface area (TPSA) is 46.2 Å². The second kappa shape index (κ2) is 6.27. The van der Waals surface area contributed by atoms with Crippen LogP contribution >= 0.6 is 12.4 Å². The van der Waals surface area contributed by atoms with Crippen LogP contribution in [0.1, 0.15) is 49.3 Å². The van der Waals surface area contributed by atoms with Crippen molar-refractivity contribution in [3.05, 3.63) is 29.3 Å². The lowest BCUT2D eigenvalue weighted by Gasteiger charge is -2.28. The highest BCUT2D eigenvalue weighted by atomic mass is 35.5. The van der Waals surface area contributed by atoms with Crippen molar-refractivity contribution in [1.82, 2.24) is 0 Å². The number of phenolic OH excluding ortho intramolecular Hbond substituents is 1. The fourth-order valence-corrected chi connectivity index (χ4v) is 2.70. The molecule has 3 heteroatoms. The number of nitrogens with two attached hydrogens (primary N) is 1. The van der Waals surface area contributed by atoms with Gasteiger partial charge in [-0.15, -0.1) is 12.4 Å². The van der Waals surface area contributed by atoms with E-state index in [1.807, 2.05) is 25.1 Å². The van der Waals surface area contributed by atoms with Gasteiger partial charge < -0.3 is 10.8 Å². The average Bonchev–Trinajstić information content (AvgIpc) is 2.33. The van der Waals surface area contributed by atoms with Gasteiger partial charge in [0.2, 0.25) is 0 Å². The molecule has 1 aliphatic rings. The molecule has 0 saturated heterocycles. The monoisotopic (exact) mass is 255 g/mol. The van der Waals surface area contributed by atoms with E-state index in [9.17, 15) is 5.11 Å². The molecule has 96 valence electrons. The van der Waals surface area contributed by atoms with Gasteiger partial charge in [0.1, 0.15) is 5.75 Å². The van der Waals surface area contributed by atoms with Crippen molar-refractivity contribution < 1.29 is 5.11 Å². The lowest BCUT2D eigenvalue weighted by molar-refractivity contribution is 0.303. The zero-order valence-corrected chi connectivity index (χ0v) is 11.2. The fourth-order valence-electron chi connectivity index (χ4n) is 2.70. The Bertz CT molecular complexity index is 361. The second-order valence-electron chi connectivity index (χ2n) is 4.94. The predicted octanol–water partition coefficient (Wildman–Crippen LogP) is 3.70. The summed E-state index contributed by atoms with van der Waals surface area (Å²) in [5, 5.41) is 10.0. The van der Waals surface area contributed by atoms with Crippen LogP contribution in [-0.2, 0) is 0 Å². The Morgan fingerprint density at radius 3 is 2.53 bits per heavy atom. The number of halogens is 1. The standard InChI is InChI=1S/C14H21NO.ClH/c1-10-6-5-9-12(14(10)16)13(15)11-7-3-2-4-8-11;/h5-6,9,11,13,16H,2-4,7-8,15H2,1H3;1H/t13-;/m1./s1. The summed E-state index contributed by atoms with van der Waals surface area (Å²) in [5.74, 6) is 0.932. The first-order valence-electron chi connectivity index (χ1n) is 6.24. The van der Waals surface area contributed by atoms with Crippen LogP contribution in [-0.4, -0.2) is 5.11 Å². The van der Waals surface area contributed by atoms with Crippen molar-refractivity contribution in [2.24, 2.45) is 11.7 Å². The minimum atomic E-state index is 0. The Kier molecular flexibility index (Phi) is 5.29. The van der Waals surface area contributed by atoms with Gasteiger partial charge in [0, 0.05) is 11.6 Å². The van der Waals surface area contributed by atoms with Crippen LogP contribution in [0.5, 0.6) is 5.75 Å². The molecule has 1 atom stereocenters. The number of hydrogen-bond acceptors (Lipinski definition) is 2. The van der Waals surface area contributed by atoms with Gasteiger partial charge in [-0.2, -0.15) is 0 Å². The van der Waals surface area contributed by atoms with E-state index in [-0.39, 0.29) is 18.4 Å². The molecule has 1 aromatic carbocycles. The van der Waals surface area contributed by atoms with E-state index in [1.54, 1.807) is 0 Å². The maximum Gasteiger partial charge on any atom is 0.123 e. The zero-order chi connectivity index (χ0) is 11.5. The average molecular weight is 256 g/mol. The number of phenols is 1. The molecule has 0 amide bonds. The van der Waals surface area contributed by atoms with Crippen molar-refractivity contribution in [2.45, 2.75) is 45.1 Å². The molecule has 2 rings (SSSR count). The van der Waals surface area contributed by atoms with Crippen molar-refractivity contribution in [1.29, 1.82) is 0 Å². The summed E-state index contributed by atoms with van der Waals surface area (Å²) in [6, 6.07) is 5.86. The Labute approximate surface area is 110 Å². The molecule has 0 aromatic heterocycles. The van der Waals surface area contributed by atoms with Crippen LogP contribution in [0.4, 0.5) is 0 Å². The molecule has 0 spiro atoms. The molecule has 17 heavy (non-hydrogen) atoms. The quantitative estimate of drug-likeness (QED) is 0.846. The molecule has 0 unspecified atom stereocenters. The van der Waals surface area contributed by atoms with Gasteiger partial charge in [0.05, 0.1) is 0 Å². The first-order chi connectivity index (χ1) is 7.70. The highest BCUT2D eigenvalue weighted by Crippen LogP contribution is 2.36. The van der Waals surface area contributed by atoms with E-state index < -0.39 is 0 Å². The van der Waals surface area contributed by atoms with E-state index in [4.69, 9.17) is 5.73 Å². The maximum absolute atomic E-state index is 10.0. The Hall–Kier alpha value is -0.730. The number of para-hydroxylation sites is 1. The molecule has 3 N–H and O–H groups in total. The summed E-state index contributed by atoms with van der Waals surface area (Å²) in [5.41, 5.74) is 8.12. The van der Waals surface area contributed by atoms with Crippen LogP contribution in [0.3, 0.4) is 0 Å². The van der Waals surface area contributed by atoms with E-state index in [2.05, 4.69) is 0 Å². The first-order valence-corrected chi connectivity index (χ1v) is 6.24. The summed E-state index contributed by atoms with van der Waals surface area (Å²) < 4.78 is 0. The van der Waals surface area contributed by atoms with Crippen molar-refractivity contribution in [3.8, 4) is 5.75 Å². The Balaban J connectivity index is 0.00000144. The molecular formula is C14H22ClNO. The predicted molar refractivity (Wildman–Crippen MR) is 73.6 cm³/mol. The highest BCUT2D eigenvalue weighted by molar-refractivity contribution is 5.85. The zero-order valence-electron chi connectivity index (χ0n) is 10.4. The number of aryl methyl sites for hydroxylation is 1. The Morgan fingerprint density at radius 1 is 1.24 bits per heavy atom. The largest absolute Gasteiger partial charge is 0.507 e. The molecule has 1 saturated carbocycles. The summed E-state index contributed by atoms with van der Waals surface area (Å²) in [4.78, 5) is 0. The molecule has 0 aliphatic heterocycles. The molecule has 1 aromatic rings. The summed E-state index contributed by atoms with van der Waals surface area (Å²) >= 11 is 0. The summed E-state index contributed by atoms with van der Waals surface area (Å²) in [6.45, 7) is 1.92. The molecule has 0 radical (unpaired) electrons. The highest BCUT2D eigenvalue weighted by Gasteiger charge is 2.23. The van der Waals surface area contributed by atoms with E-state index in [0.717, 1.165) is 11.1 Å². The lowest BCUT2D eigenvalue weighted by atomic mass is 9.81. The number of aromatic hydroxyl groups is 1. The van der Waals surface area contributed by atoms with E-state index in [1.165, 1.54) is 32.1 Å².